The van der Waals surface area contributed by atoms with Crippen LogP contribution in [-0.2, 0) is 0 Å². The second-order valence-electron chi connectivity index (χ2n) is 5.43. The van der Waals surface area contributed by atoms with Crippen molar-refractivity contribution in [3.63, 3.8) is 0 Å². The Hall–Kier alpha value is -0.340. The highest BCUT2D eigenvalue weighted by molar-refractivity contribution is 4.94. The van der Waals surface area contributed by atoms with E-state index < -0.39 is 0 Å². The number of piperidine rings is 1. The van der Waals surface area contributed by atoms with Crippen LogP contribution in [0.25, 0.3) is 0 Å². The lowest BCUT2D eigenvalue weighted by Gasteiger charge is -2.33. The minimum atomic E-state index is 0.643. The van der Waals surface area contributed by atoms with E-state index in [9.17, 15) is 0 Å². The third-order valence-corrected chi connectivity index (χ3v) is 4.16. The minimum Gasteiger partial charge on any atom is -0.310 e. The van der Waals surface area contributed by atoms with Gasteiger partial charge in [0.05, 0.1) is 0 Å². The van der Waals surface area contributed by atoms with E-state index >= 15 is 0 Å². The Morgan fingerprint density at radius 3 is 3.06 bits per heavy atom. The molecule has 92 valence electrons. The van der Waals surface area contributed by atoms with E-state index in [4.69, 9.17) is 0 Å². The van der Waals surface area contributed by atoms with Crippen LogP contribution in [0.15, 0.2) is 12.7 Å². The van der Waals surface area contributed by atoms with E-state index in [-0.39, 0.29) is 0 Å². The maximum absolute atomic E-state index is 3.82. The van der Waals surface area contributed by atoms with Crippen LogP contribution in [-0.4, -0.2) is 36.1 Å². The van der Waals surface area contributed by atoms with Gasteiger partial charge in [-0.05, 0) is 45.6 Å². The van der Waals surface area contributed by atoms with Gasteiger partial charge in [0, 0.05) is 24.7 Å². The van der Waals surface area contributed by atoms with Gasteiger partial charge >= 0.3 is 0 Å². The van der Waals surface area contributed by atoms with Crippen molar-refractivity contribution in [2.75, 3.05) is 13.1 Å². The molecule has 0 aromatic rings. The summed E-state index contributed by atoms with van der Waals surface area (Å²) in [5.74, 6) is 0. The zero-order valence-electron chi connectivity index (χ0n) is 10.6. The Bertz CT molecular complexity index is 227. The number of nitrogens with one attached hydrogen (secondary N) is 1. The topological polar surface area (TPSA) is 15.3 Å². The van der Waals surface area contributed by atoms with Crippen LogP contribution in [0.2, 0.25) is 0 Å². The summed E-state index contributed by atoms with van der Waals surface area (Å²) in [5, 5.41) is 3.82. The summed E-state index contributed by atoms with van der Waals surface area (Å²) in [4.78, 5) is 2.70. The summed E-state index contributed by atoms with van der Waals surface area (Å²) in [6.45, 7) is 8.76. The SMILES string of the molecule is C=CCCC(C)NC1CCN2CCCCC12. The maximum atomic E-state index is 3.82. The first-order chi connectivity index (χ1) is 7.81. The van der Waals surface area contributed by atoms with Crippen LogP contribution in [0.4, 0.5) is 0 Å². The van der Waals surface area contributed by atoms with Gasteiger partial charge in [0.15, 0.2) is 0 Å². The highest BCUT2D eigenvalue weighted by Gasteiger charge is 2.35. The molecule has 2 heteroatoms. The lowest BCUT2D eigenvalue weighted by Crippen LogP contribution is -2.47. The predicted octanol–water partition coefficient (Wildman–Crippen LogP) is 2.56. The van der Waals surface area contributed by atoms with Crippen molar-refractivity contribution >= 4 is 0 Å². The number of hydrogen-bond donors (Lipinski definition) is 1. The Labute approximate surface area is 100 Å². The summed E-state index contributed by atoms with van der Waals surface area (Å²) < 4.78 is 0. The van der Waals surface area contributed by atoms with Gasteiger partial charge in [-0.15, -0.1) is 6.58 Å². The van der Waals surface area contributed by atoms with E-state index in [1.807, 2.05) is 6.08 Å². The van der Waals surface area contributed by atoms with Gasteiger partial charge in [-0.2, -0.15) is 0 Å². The minimum absolute atomic E-state index is 0.643. The zero-order valence-corrected chi connectivity index (χ0v) is 10.6. The lowest BCUT2D eigenvalue weighted by atomic mass is 9.98. The van der Waals surface area contributed by atoms with E-state index in [2.05, 4.69) is 23.7 Å². The molecule has 0 bridgehead atoms. The third kappa shape index (κ3) is 2.86. The number of fused-ring (bicyclic) bond motifs is 1. The molecular formula is C14H26N2. The molecule has 1 N–H and O–H groups in total. The molecule has 2 heterocycles. The molecule has 3 atom stereocenters. The van der Waals surface area contributed by atoms with Gasteiger partial charge in [-0.25, -0.2) is 0 Å². The quantitative estimate of drug-likeness (QED) is 0.719. The molecule has 0 amide bonds. The van der Waals surface area contributed by atoms with Gasteiger partial charge in [0.1, 0.15) is 0 Å². The Kier molecular flexibility index (Phi) is 4.42. The average Bonchev–Trinajstić information content (AvgIpc) is 2.70. The Morgan fingerprint density at radius 2 is 2.25 bits per heavy atom. The van der Waals surface area contributed by atoms with E-state index in [1.54, 1.807) is 0 Å². The largest absolute Gasteiger partial charge is 0.310 e. The number of allylic oxidation sites excluding steroid dienone is 1. The molecule has 0 spiro atoms. The summed E-state index contributed by atoms with van der Waals surface area (Å²) in [6.07, 6.45) is 9.99. The van der Waals surface area contributed by atoms with Gasteiger partial charge in [-0.3, -0.25) is 4.90 Å². The maximum Gasteiger partial charge on any atom is 0.0249 e. The standard InChI is InChI=1S/C14H26N2/c1-3-4-7-12(2)15-13-9-11-16-10-6-5-8-14(13)16/h3,12-15H,1,4-11H2,2H3. The fourth-order valence-electron chi connectivity index (χ4n) is 3.26. The molecular weight excluding hydrogens is 196 g/mol. The normalized spacial score (nSPS) is 32.3. The first-order valence-electron chi connectivity index (χ1n) is 6.92. The van der Waals surface area contributed by atoms with E-state index in [0.29, 0.717) is 6.04 Å². The first-order valence-corrected chi connectivity index (χ1v) is 6.92. The fourth-order valence-corrected chi connectivity index (χ4v) is 3.26. The van der Waals surface area contributed by atoms with E-state index in [1.165, 1.54) is 45.2 Å². The van der Waals surface area contributed by atoms with Crippen LogP contribution >= 0.6 is 0 Å². The molecule has 3 unspecified atom stereocenters. The molecule has 2 fully saturated rings. The molecule has 2 aliphatic heterocycles. The van der Waals surface area contributed by atoms with Gasteiger partial charge in [0.25, 0.3) is 0 Å². The van der Waals surface area contributed by atoms with Crippen molar-refractivity contribution < 1.29 is 0 Å². The Morgan fingerprint density at radius 1 is 1.38 bits per heavy atom. The number of hydrogen-bond acceptors (Lipinski definition) is 2. The van der Waals surface area contributed by atoms with Crippen LogP contribution in [0.3, 0.4) is 0 Å². The monoisotopic (exact) mass is 222 g/mol. The van der Waals surface area contributed by atoms with Crippen molar-refractivity contribution in [2.45, 2.75) is 63.6 Å². The third-order valence-electron chi connectivity index (χ3n) is 4.16. The predicted molar refractivity (Wildman–Crippen MR) is 69.6 cm³/mol. The molecule has 2 rings (SSSR count). The summed E-state index contributed by atoms with van der Waals surface area (Å²) in [6, 6.07) is 2.23. The Balaban J connectivity index is 1.78. The molecule has 0 saturated carbocycles. The van der Waals surface area contributed by atoms with Gasteiger partial charge in [-0.1, -0.05) is 12.5 Å². The van der Waals surface area contributed by atoms with Crippen molar-refractivity contribution in [3.05, 3.63) is 12.7 Å². The molecule has 16 heavy (non-hydrogen) atoms. The van der Waals surface area contributed by atoms with Crippen molar-refractivity contribution in [1.29, 1.82) is 0 Å². The van der Waals surface area contributed by atoms with Crippen LogP contribution < -0.4 is 5.32 Å². The average molecular weight is 222 g/mol. The second kappa shape index (κ2) is 5.83. The number of rotatable bonds is 5. The molecule has 0 aromatic heterocycles. The molecule has 0 radical (unpaired) electrons. The highest BCUT2D eigenvalue weighted by Crippen LogP contribution is 2.27. The van der Waals surface area contributed by atoms with E-state index in [0.717, 1.165) is 18.5 Å². The molecule has 2 saturated heterocycles. The zero-order chi connectivity index (χ0) is 11.4. The molecule has 0 aliphatic carbocycles. The molecule has 2 aliphatic rings. The highest BCUT2D eigenvalue weighted by atomic mass is 15.2. The molecule has 0 aromatic carbocycles. The summed E-state index contributed by atoms with van der Waals surface area (Å²) in [7, 11) is 0. The first kappa shape index (κ1) is 12.1. The van der Waals surface area contributed by atoms with Gasteiger partial charge in [0.2, 0.25) is 0 Å². The summed E-state index contributed by atoms with van der Waals surface area (Å²) >= 11 is 0. The number of nitrogens with zero attached hydrogens (tertiary/aromatic N) is 1. The molecule has 2 nitrogen and oxygen atoms in total. The van der Waals surface area contributed by atoms with Crippen LogP contribution in [0, 0.1) is 0 Å². The fraction of sp³-hybridized carbons (Fsp3) is 0.857. The van der Waals surface area contributed by atoms with Crippen molar-refractivity contribution in [2.24, 2.45) is 0 Å². The van der Waals surface area contributed by atoms with Crippen molar-refractivity contribution in [1.82, 2.24) is 10.2 Å². The van der Waals surface area contributed by atoms with Gasteiger partial charge < -0.3 is 5.32 Å². The van der Waals surface area contributed by atoms with Crippen LogP contribution in [0.1, 0.15) is 45.4 Å². The smallest absolute Gasteiger partial charge is 0.0249 e. The lowest BCUT2D eigenvalue weighted by molar-refractivity contribution is 0.176. The second-order valence-corrected chi connectivity index (χ2v) is 5.43. The van der Waals surface area contributed by atoms with Crippen molar-refractivity contribution in [3.8, 4) is 0 Å². The summed E-state index contributed by atoms with van der Waals surface area (Å²) in [5.41, 5.74) is 0. The van der Waals surface area contributed by atoms with Crippen LogP contribution in [0.5, 0.6) is 0 Å².